The summed E-state index contributed by atoms with van der Waals surface area (Å²) in [5.41, 5.74) is 0. The predicted octanol–water partition coefficient (Wildman–Crippen LogP) is 4.52. The molecular weight excluding hydrogens is 205 g/mol. The molecule has 0 heterocycles. The normalized spacial score (nSPS) is 14.2. The van der Waals surface area contributed by atoms with Crippen LogP contribution in [0.3, 0.4) is 0 Å². The smallest absolute Gasteiger partial charge is 0.292 e. The molecule has 0 aromatic carbocycles. The van der Waals surface area contributed by atoms with Crippen LogP contribution in [0.25, 0.3) is 0 Å². The number of unbranched alkanes of at least 4 members (excludes halogenated alkanes) is 1. The predicted molar refractivity (Wildman–Crippen MR) is 54.5 cm³/mol. The Hall–Kier alpha value is -0.250. The molecule has 1 atom stereocenters. The van der Waals surface area contributed by atoms with Gasteiger partial charge in [0.15, 0.2) is 0 Å². The largest absolute Gasteiger partial charge is 0.522 e. The molecule has 0 aliphatic carbocycles. The summed E-state index contributed by atoms with van der Waals surface area (Å²) in [6, 6.07) is 0. The van der Waals surface area contributed by atoms with Gasteiger partial charge in [0, 0.05) is 0 Å². The van der Waals surface area contributed by atoms with Gasteiger partial charge in [0.2, 0.25) is 0 Å². The number of ether oxygens (including phenoxy) is 1. The first kappa shape index (κ1) is 14.8. The van der Waals surface area contributed by atoms with Crippen molar-refractivity contribution in [2.75, 3.05) is 6.61 Å². The number of rotatable bonds is 8. The molecule has 4 heteroatoms. The maximum Gasteiger partial charge on any atom is 0.522 e. The maximum atomic E-state index is 11.6. The van der Waals surface area contributed by atoms with Crippen LogP contribution in [0.2, 0.25) is 0 Å². The van der Waals surface area contributed by atoms with Gasteiger partial charge >= 0.3 is 6.36 Å². The molecule has 15 heavy (non-hydrogen) atoms. The molecule has 1 unspecified atom stereocenters. The van der Waals surface area contributed by atoms with E-state index in [9.17, 15) is 13.2 Å². The summed E-state index contributed by atoms with van der Waals surface area (Å²) < 4.78 is 38.7. The Labute approximate surface area is 90.0 Å². The third kappa shape index (κ3) is 10.0. The van der Waals surface area contributed by atoms with Gasteiger partial charge < -0.3 is 0 Å². The van der Waals surface area contributed by atoms with Crippen molar-refractivity contribution in [1.29, 1.82) is 0 Å². The minimum absolute atomic E-state index is 0.202. The Morgan fingerprint density at radius 3 is 2.13 bits per heavy atom. The molecule has 0 aliphatic heterocycles. The number of hydrogen-bond donors (Lipinski definition) is 0. The van der Waals surface area contributed by atoms with Crippen LogP contribution in [0.1, 0.15) is 52.4 Å². The van der Waals surface area contributed by atoms with Gasteiger partial charge in [-0.2, -0.15) is 0 Å². The van der Waals surface area contributed by atoms with Crippen LogP contribution in [0.4, 0.5) is 13.2 Å². The van der Waals surface area contributed by atoms with E-state index in [-0.39, 0.29) is 6.61 Å². The zero-order chi connectivity index (χ0) is 11.7. The van der Waals surface area contributed by atoms with Crippen LogP contribution in [0.5, 0.6) is 0 Å². The van der Waals surface area contributed by atoms with Gasteiger partial charge in [-0.1, -0.05) is 39.5 Å². The van der Waals surface area contributed by atoms with Crippen molar-refractivity contribution >= 4 is 0 Å². The third-order valence-electron chi connectivity index (χ3n) is 2.57. The lowest BCUT2D eigenvalue weighted by molar-refractivity contribution is -0.324. The van der Waals surface area contributed by atoms with Crippen molar-refractivity contribution in [2.45, 2.75) is 58.7 Å². The van der Waals surface area contributed by atoms with E-state index in [0.717, 1.165) is 25.7 Å². The topological polar surface area (TPSA) is 9.23 Å². The van der Waals surface area contributed by atoms with Crippen molar-refractivity contribution in [1.82, 2.24) is 0 Å². The van der Waals surface area contributed by atoms with E-state index < -0.39 is 6.36 Å². The van der Waals surface area contributed by atoms with Gasteiger partial charge in [-0.25, -0.2) is 0 Å². The second-order valence-corrected chi connectivity index (χ2v) is 3.85. The molecule has 92 valence electrons. The molecule has 0 radical (unpaired) electrons. The molecule has 0 N–H and O–H groups in total. The lowest BCUT2D eigenvalue weighted by Gasteiger charge is -2.14. The van der Waals surface area contributed by atoms with E-state index in [1.807, 2.05) is 0 Å². The van der Waals surface area contributed by atoms with E-state index in [4.69, 9.17) is 0 Å². The van der Waals surface area contributed by atoms with Crippen molar-refractivity contribution in [3.63, 3.8) is 0 Å². The van der Waals surface area contributed by atoms with E-state index in [0.29, 0.717) is 12.3 Å². The van der Waals surface area contributed by atoms with Gasteiger partial charge in [0.25, 0.3) is 0 Å². The number of hydrogen-bond acceptors (Lipinski definition) is 1. The second kappa shape index (κ2) is 7.97. The van der Waals surface area contributed by atoms with Gasteiger partial charge in [0.05, 0.1) is 6.61 Å². The SMILES string of the molecule is CCCCC(CC)CCCOC(F)(F)F. The van der Waals surface area contributed by atoms with Crippen LogP contribution >= 0.6 is 0 Å². The highest BCUT2D eigenvalue weighted by molar-refractivity contribution is 4.57. The van der Waals surface area contributed by atoms with E-state index >= 15 is 0 Å². The average Bonchev–Trinajstić information content (AvgIpc) is 2.15. The first-order valence-electron chi connectivity index (χ1n) is 5.70. The fourth-order valence-corrected chi connectivity index (χ4v) is 1.61. The molecule has 0 aromatic heterocycles. The number of alkyl halides is 3. The van der Waals surface area contributed by atoms with E-state index in [2.05, 4.69) is 18.6 Å². The fraction of sp³-hybridized carbons (Fsp3) is 1.00. The van der Waals surface area contributed by atoms with Crippen molar-refractivity contribution in [2.24, 2.45) is 5.92 Å². The zero-order valence-corrected chi connectivity index (χ0v) is 9.57. The molecule has 0 saturated carbocycles. The van der Waals surface area contributed by atoms with Crippen LogP contribution in [-0.4, -0.2) is 13.0 Å². The highest BCUT2D eigenvalue weighted by atomic mass is 19.4. The molecule has 0 rings (SSSR count). The van der Waals surface area contributed by atoms with Crippen LogP contribution < -0.4 is 0 Å². The van der Waals surface area contributed by atoms with Crippen LogP contribution in [-0.2, 0) is 4.74 Å². The zero-order valence-electron chi connectivity index (χ0n) is 9.57. The molecule has 0 amide bonds. The van der Waals surface area contributed by atoms with Gasteiger partial charge in [-0.3, -0.25) is 4.74 Å². The van der Waals surface area contributed by atoms with Gasteiger partial charge in [0.1, 0.15) is 0 Å². The maximum absolute atomic E-state index is 11.6. The minimum Gasteiger partial charge on any atom is -0.292 e. The Balaban J connectivity index is 3.46. The monoisotopic (exact) mass is 226 g/mol. The molecule has 0 bridgehead atoms. The summed E-state index contributed by atoms with van der Waals surface area (Å²) >= 11 is 0. The molecule has 0 spiro atoms. The molecule has 0 aromatic rings. The van der Waals surface area contributed by atoms with Crippen molar-refractivity contribution in [3.05, 3.63) is 0 Å². The highest BCUT2D eigenvalue weighted by Gasteiger charge is 2.28. The molecular formula is C11H21F3O. The Kier molecular flexibility index (Phi) is 7.83. The van der Waals surface area contributed by atoms with E-state index in [1.165, 1.54) is 6.42 Å². The second-order valence-electron chi connectivity index (χ2n) is 3.85. The standard InChI is InChI=1S/C11H21F3O/c1-3-5-7-10(4-2)8-6-9-15-11(12,13)14/h10H,3-9H2,1-2H3. The Morgan fingerprint density at radius 2 is 1.67 bits per heavy atom. The van der Waals surface area contributed by atoms with Crippen LogP contribution in [0, 0.1) is 5.92 Å². The first-order valence-corrected chi connectivity index (χ1v) is 5.70. The first-order chi connectivity index (χ1) is 6.99. The molecule has 0 aliphatic rings. The average molecular weight is 226 g/mol. The number of halogens is 3. The fourth-order valence-electron chi connectivity index (χ4n) is 1.61. The van der Waals surface area contributed by atoms with Gasteiger partial charge in [-0.05, 0) is 18.8 Å². The summed E-state index contributed by atoms with van der Waals surface area (Å²) in [6.45, 7) is 4.01. The molecule has 1 nitrogen and oxygen atoms in total. The van der Waals surface area contributed by atoms with Crippen molar-refractivity contribution in [3.8, 4) is 0 Å². The van der Waals surface area contributed by atoms with Crippen molar-refractivity contribution < 1.29 is 17.9 Å². The third-order valence-corrected chi connectivity index (χ3v) is 2.57. The summed E-state index contributed by atoms with van der Waals surface area (Å²) in [4.78, 5) is 0. The molecule has 0 saturated heterocycles. The van der Waals surface area contributed by atoms with Crippen LogP contribution in [0.15, 0.2) is 0 Å². The highest BCUT2D eigenvalue weighted by Crippen LogP contribution is 2.20. The summed E-state index contributed by atoms with van der Waals surface area (Å²) in [5.74, 6) is 0.557. The van der Waals surface area contributed by atoms with E-state index in [1.54, 1.807) is 0 Å². The Bertz CT molecular complexity index is 145. The Morgan fingerprint density at radius 1 is 1.07 bits per heavy atom. The summed E-state index contributed by atoms with van der Waals surface area (Å²) in [7, 11) is 0. The summed E-state index contributed by atoms with van der Waals surface area (Å²) in [5, 5.41) is 0. The lowest BCUT2D eigenvalue weighted by Crippen LogP contribution is -2.14. The quantitative estimate of drug-likeness (QED) is 0.553. The summed E-state index contributed by atoms with van der Waals surface area (Å²) in [6.07, 6.45) is 1.36. The molecule has 0 fully saturated rings. The lowest BCUT2D eigenvalue weighted by atomic mass is 9.94. The van der Waals surface area contributed by atoms with Gasteiger partial charge in [-0.15, -0.1) is 13.2 Å². The minimum atomic E-state index is -4.47.